The van der Waals surface area contributed by atoms with Crippen LogP contribution in [0.15, 0.2) is 231 Å². The van der Waals surface area contributed by atoms with E-state index in [1.807, 2.05) is 11.3 Å². The summed E-state index contributed by atoms with van der Waals surface area (Å²) >= 11 is 1.88. The lowest BCUT2D eigenvalue weighted by Gasteiger charge is -2.35. The van der Waals surface area contributed by atoms with E-state index in [0.29, 0.717) is 0 Å². The van der Waals surface area contributed by atoms with Gasteiger partial charge in [-0.2, -0.15) is 0 Å². The van der Waals surface area contributed by atoms with E-state index >= 15 is 0 Å². The molecule has 0 aliphatic rings. The van der Waals surface area contributed by atoms with Crippen molar-refractivity contribution in [1.29, 1.82) is 0 Å². The van der Waals surface area contributed by atoms with Gasteiger partial charge < -0.3 is 9.47 Å². The predicted octanol–water partition coefficient (Wildman–Crippen LogP) is 12.0. The molecule has 274 valence electrons. The topological polar surface area (TPSA) is 8.17 Å². The zero-order chi connectivity index (χ0) is 38.5. The molecule has 58 heavy (non-hydrogen) atoms. The molecule has 0 amide bonds. The average molecular weight is 775 g/mol. The highest BCUT2D eigenvalue weighted by Gasteiger charge is 2.41. The first-order valence-electron chi connectivity index (χ1n) is 19.9. The molecule has 0 aliphatic carbocycles. The predicted molar refractivity (Wildman–Crippen MR) is 252 cm³/mol. The van der Waals surface area contributed by atoms with Crippen LogP contribution in [0.2, 0.25) is 0 Å². The zero-order valence-corrected chi connectivity index (χ0v) is 33.6. The molecular formula is C54H38N2SSi. The van der Waals surface area contributed by atoms with Crippen LogP contribution in [0.5, 0.6) is 0 Å². The number of fused-ring (bicyclic) bond motifs is 6. The highest BCUT2D eigenvalue weighted by molar-refractivity contribution is 7.26. The summed E-state index contributed by atoms with van der Waals surface area (Å²) < 4.78 is 4.98. The SMILES string of the molecule is c1ccc(-n2c3ccccc3c3c(N(c4cccc([Si](c5ccccc5)(c5ccccc5)c5ccccc5)c4)c4cccc5c4sc4ccccc45)cccc32)cc1. The quantitative estimate of drug-likeness (QED) is 0.110. The highest BCUT2D eigenvalue weighted by Crippen LogP contribution is 2.48. The zero-order valence-electron chi connectivity index (χ0n) is 31.7. The third kappa shape index (κ3) is 5.37. The number of rotatable bonds is 8. The lowest BCUT2D eigenvalue weighted by Crippen LogP contribution is -2.74. The Labute approximate surface area is 343 Å². The van der Waals surface area contributed by atoms with Crippen LogP contribution in [0.1, 0.15) is 0 Å². The van der Waals surface area contributed by atoms with Crippen LogP contribution in [0.25, 0.3) is 47.7 Å². The van der Waals surface area contributed by atoms with Crippen LogP contribution in [-0.4, -0.2) is 12.6 Å². The number of hydrogen-bond acceptors (Lipinski definition) is 2. The van der Waals surface area contributed by atoms with Gasteiger partial charge in [-0.1, -0.05) is 176 Å². The van der Waals surface area contributed by atoms with Crippen molar-refractivity contribution < 1.29 is 0 Å². The van der Waals surface area contributed by atoms with Crippen molar-refractivity contribution in [3.63, 3.8) is 0 Å². The first-order valence-corrected chi connectivity index (χ1v) is 22.7. The van der Waals surface area contributed by atoms with Gasteiger partial charge in [0.25, 0.3) is 0 Å². The first-order chi connectivity index (χ1) is 28.8. The molecule has 11 aromatic rings. The van der Waals surface area contributed by atoms with Gasteiger partial charge in [-0.05, 0) is 75.3 Å². The van der Waals surface area contributed by atoms with Crippen molar-refractivity contribution in [2.75, 3.05) is 4.90 Å². The van der Waals surface area contributed by atoms with E-state index in [1.54, 1.807) is 0 Å². The van der Waals surface area contributed by atoms with E-state index in [4.69, 9.17) is 0 Å². The van der Waals surface area contributed by atoms with Crippen molar-refractivity contribution in [1.82, 2.24) is 4.57 Å². The Morgan fingerprint density at radius 1 is 0.379 bits per heavy atom. The maximum absolute atomic E-state index is 2.82. The minimum Gasteiger partial charge on any atom is -0.309 e. The van der Waals surface area contributed by atoms with Gasteiger partial charge in [0.2, 0.25) is 0 Å². The van der Waals surface area contributed by atoms with Gasteiger partial charge in [0.05, 0.1) is 27.1 Å². The van der Waals surface area contributed by atoms with Crippen molar-refractivity contribution in [3.8, 4) is 5.69 Å². The van der Waals surface area contributed by atoms with Crippen LogP contribution in [-0.2, 0) is 0 Å². The van der Waals surface area contributed by atoms with E-state index in [2.05, 4.69) is 240 Å². The Morgan fingerprint density at radius 3 is 1.57 bits per heavy atom. The first kappa shape index (κ1) is 34.3. The Balaban J connectivity index is 1.25. The maximum atomic E-state index is 2.55. The molecule has 0 radical (unpaired) electrons. The average Bonchev–Trinajstić information content (AvgIpc) is 3.85. The number of hydrogen-bond donors (Lipinski definition) is 0. The van der Waals surface area contributed by atoms with Gasteiger partial charge in [0.15, 0.2) is 8.07 Å². The number of anilines is 3. The molecule has 4 heteroatoms. The van der Waals surface area contributed by atoms with Crippen LogP contribution < -0.4 is 25.6 Å². The summed E-state index contributed by atoms with van der Waals surface area (Å²) in [6.45, 7) is 0. The van der Waals surface area contributed by atoms with Crippen LogP contribution in [0, 0.1) is 0 Å². The Bertz CT molecular complexity index is 3130. The standard InChI is InChI=1S/C54H38N2SSi/c1-5-20-39(21-6-1)55-48-33-15-13-31-47(48)53-49(55)34-19-35-50(53)56(51-36-18-32-46-45-30-14-16-37-52(45)57-54(46)51)40-22-17-29-44(38-40)58(41-23-7-2-8-24-41,42-25-9-3-10-26-42)43-27-11-4-12-28-43/h1-38H. The second-order valence-corrected chi connectivity index (χ2v) is 19.7. The minimum atomic E-state index is -2.82. The smallest absolute Gasteiger partial charge is 0.179 e. The van der Waals surface area contributed by atoms with Gasteiger partial charge in [-0.3, -0.25) is 0 Å². The van der Waals surface area contributed by atoms with Crippen molar-refractivity contribution in [2.45, 2.75) is 0 Å². The number of thiophene rings is 1. The van der Waals surface area contributed by atoms with Crippen molar-refractivity contribution in [2.24, 2.45) is 0 Å². The fourth-order valence-electron chi connectivity index (χ4n) is 9.30. The van der Waals surface area contributed by atoms with Crippen LogP contribution >= 0.6 is 11.3 Å². The summed E-state index contributed by atoms with van der Waals surface area (Å²) in [5.74, 6) is 0. The molecule has 2 nitrogen and oxygen atoms in total. The number of nitrogens with zero attached hydrogens (tertiary/aromatic N) is 2. The molecule has 0 fully saturated rings. The summed E-state index contributed by atoms with van der Waals surface area (Å²) in [7, 11) is -2.82. The van der Waals surface area contributed by atoms with E-state index in [0.717, 1.165) is 17.1 Å². The second kappa shape index (κ2) is 14.2. The van der Waals surface area contributed by atoms with E-state index in [-0.39, 0.29) is 0 Å². The molecule has 0 N–H and O–H groups in total. The third-order valence-electron chi connectivity index (χ3n) is 11.7. The molecule has 2 heterocycles. The van der Waals surface area contributed by atoms with Crippen molar-refractivity contribution in [3.05, 3.63) is 231 Å². The lowest BCUT2D eigenvalue weighted by molar-refractivity contribution is 1.18. The summed E-state index contributed by atoms with van der Waals surface area (Å²) in [4.78, 5) is 2.55. The fraction of sp³-hybridized carbons (Fsp3) is 0. The third-order valence-corrected chi connectivity index (χ3v) is 17.7. The fourth-order valence-corrected chi connectivity index (χ4v) is 15.3. The molecule has 0 unspecified atom stereocenters. The molecule has 0 aliphatic heterocycles. The summed E-state index contributed by atoms with van der Waals surface area (Å²) in [6, 6.07) is 85.2. The van der Waals surface area contributed by atoms with Gasteiger partial charge in [0.1, 0.15) is 0 Å². The molecule has 0 bridgehead atoms. The largest absolute Gasteiger partial charge is 0.309 e. The molecular weight excluding hydrogens is 737 g/mol. The Hall–Kier alpha value is -6.98. The molecule has 11 rings (SSSR count). The molecule has 0 atom stereocenters. The monoisotopic (exact) mass is 774 g/mol. The lowest BCUT2D eigenvalue weighted by atomic mass is 10.1. The van der Waals surface area contributed by atoms with E-state index in [9.17, 15) is 0 Å². The normalized spacial score (nSPS) is 11.8. The molecule has 0 saturated carbocycles. The molecule has 2 aromatic heterocycles. The summed E-state index contributed by atoms with van der Waals surface area (Å²) in [5.41, 5.74) is 6.97. The Kier molecular flexibility index (Phi) is 8.39. The van der Waals surface area contributed by atoms with E-state index < -0.39 is 8.07 Å². The molecule has 0 spiro atoms. The van der Waals surface area contributed by atoms with Gasteiger partial charge >= 0.3 is 0 Å². The van der Waals surface area contributed by atoms with Crippen LogP contribution in [0.4, 0.5) is 17.1 Å². The van der Waals surface area contributed by atoms with Gasteiger partial charge in [-0.15, -0.1) is 11.3 Å². The van der Waals surface area contributed by atoms with Gasteiger partial charge in [0, 0.05) is 37.6 Å². The summed E-state index contributed by atoms with van der Waals surface area (Å²) in [6.07, 6.45) is 0. The molecule has 9 aromatic carbocycles. The van der Waals surface area contributed by atoms with Gasteiger partial charge in [-0.25, -0.2) is 0 Å². The van der Waals surface area contributed by atoms with E-state index in [1.165, 1.54) is 68.4 Å². The Morgan fingerprint density at radius 2 is 0.879 bits per heavy atom. The highest BCUT2D eigenvalue weighted by atomic mass is 32.1. The molecule has 0 saturated heterocycles. The second-order valence-electron chi connectivity index (χ2n) is 14.8. The van der Waals surface area contributed by atoms with Crippen molar-refractivity contribution >= 4 is 99.2 Å². The van der Waals surface area contributed by atoms with Crippen LogP contribution in [0.3, 0.4) is 0 Å². The number of para-hydroxylation sites is 2. The maximum Gasteiger partial charge on any atom is 0.179 e. The minimum absolute atomic E-state index is 1.13. The number of benzene rings is 9. The summed E-state index contributed by atoms with van der Waals surface area (Å²) in [5, 5.41) is 10.4. The number of aromatic nitrogens is 1.